The molecule has 2 aliphatic rings. The minimum atomic E-state index is -3.71. The lowest BCUT2D eigenvalue weighted by Gasteiger charge is -2.32. The molecule has 8 nitrogen and oxygen atoms in total. The number of sulfonamides is 1. The molecule has 1 fully saturated rings. The molecule has 1 aromatic rings. The fourth-order valence-corrected chi connectivity index (χ4v) is 4.45. The first kappa shape index (κ1) is 19.3. The number of esters is 2. The van der Waals surface area contributed by atoms with E-state index in [2.05, 4.69) is 4.40 Å². The van der Waals surface area contributed by atoms with Gasteiger partial charge in [-0.25, -0.2) is 4.79 Å². The first-order chi connectivity index (χ1) is 12.8. The predicted molar refractivity (Wildman–Crippen MR) is 96.6 cm³/mol. The molecule has 0 saturated carbocycles. The zero-order valence-corrected chi connectivity index (χ0v) is 16.1. The van der Waals surface area contributed by atoms with Crippen LogP contribution in [0, 0.1) is 5.92 Å². The van der Waals surface area contributed by atoms with Crippen molar-refractivity contribution in [2.45, 2.75) is 37.7 Å². The second-order valence-corrected chi connectivity index (χ2v) is 8.39. The highest BCUT2D eigenvalue weighted by molar-refractivity contribution is 7.90. The fraction of sp³-hybridized carbons (Fsp3) is 0.500. The van der Waals surface area contributed by atoms with Gasteiger partial charge in [-0.3, -0.25) is 4.79 Å². The number of nitrogens with zero attached hydrogens (tertiary/aromatic N) is 2. The Kier molecular flexibility index (Phi) is 5.50. The Labute approximate surface area is 158 Å². The summed E-state index contributed by atoms with van der Waals surface area (Å²) in [5.41, 5.74) is 0.548. The van der Waals surface area contributed by atoms with Crippen LogP contribution in [0.2, 0.25) is 0 Å². The second kappa shape index (κ2) is 7.67. The molecule has 9 heteroatoms. The summed E-state index contributed by atoms with van der Waals surface area (Å²) in [7, 11) is -3.71. The molecule has 2 aliphatic heterocycles. The van der Waals surface area contributed by atoms with Gasteiger partial charge in [0.25, 0.3) is 10.0 Å². The van der Waals surface area contributed by atoms with Crippen LogP contribution in [-0.4, -0.2) is 56.9 Å². The van der Waals surface area contributed by atoms with Crippen LogP contribution in [0.3, 0.4) is 0 Å². The third-order valence-electron chi connectivity index (χ3n) is 4.37. The first-order valence-electron chi connectivity index (χ1n) is 8.83. The molecule has 146 valence electrons. The van der Waals surface area contributed by atoms with Crippen LogP contribution in [0.1, 0.15) is 32.3 Å². The second-order valence-electron chi connectivity index (χ2n) is 6.82. The lowest BCUT2D eigenvalue weighted by atomic mass is 9.97. The van der Waals surface area contributed by atoms with Gasteiger partial charge in [0.2, 0.25) is 0 Å². The van der Waals surface area contributed by atoms with E-state index < -0.39 is 34.5 Å². The van der Waals surface area contributed by atoms with E-state index in [1.54, 1.807) is 36.9 Å². The minimum absolute atomic E-state index is 0.182. The van der Waals surface area contributed by atoms with Crippen LogP contribution in [-0.2, 0) is 29.1 Å². The van der Waals surface area contributed by atoms with Gasteiger partial charge in [0.15, 0.2) is 12.4 Å². The summed E-state index contributed by atoms with van der Waals surface area (Å²) in [5, 5.41) is 0. The number of hydrogen-bond acceptors (Lipinski definition) is 7. The highest BCUT2D eigenvalue weighted by atomic mass is 32.2. The van der Waals surface area contributed by atoms with Gasteiger partial charge in [0.1, 0.15) is 4.90 Å². The molecule has 0 bridgehead atoms. The monoisotopic (exact) mass is 394 g/mol. The van der Waals surface area contributed by atoms with E-state index in [9.17, 15) is 18.0 Å². The summed E-state index contributed by atoms with van der Waals surface area (Å²) in [6, 6.07) is 6.65. The van der Waals surface area contributed by atoms with Gasteiger partial charge in [-0.05, 0) is 38.8 Å². The van der Waals surface area contributed by atoms with Gasteiger partial charge in [0, 0.05) is 18.7 Å². The molecule has 2 heterocycles. The Morgan fingerprint density at radius 2 is 2.04 bits per heavy atom. The maximum absolute atomic E-state index is 12.3. The van der Waals surface area contributed by atoms with E-state index in [1.165, 1.54) is 6.07 Å². The van der Waals surface area contributed by atoms with Crippen LogP contribution in [0.5, 0.6) is 0 Å². The number of rotatable bonds is 4. The van der Waals surface area contributed by atoms with Crippen LogP contribution in [0.25, 0.3) is 0 Å². The average molecular weight is 394 g/mol. The molecule has 1 unspecified atom stereocenters. The van der Waals surface area contributed by atoms with Gasteiger partial charge in [-0.1, -0.05) is 12.1 Å². The molecule has 3 rings (SSSR count). The molecule has 1 atom stereocenters. The summed E-state index contributed by atoms with van der Waals surface area (Å²) in [6.45, 7) is 3.90. The number of hydrogen-bond donors (Lipinski definition) is 0. The normalized spacial score (nSPS) is 20.8. The Balaban J connectivity index is 1.67. The molecule has 1 aromatic carbocycles. The van der Waals surface area contributed by atoms with E-state index in [-0.39, 0.29) is 11.0 Å². The highest BCUT2D eigenvalue weighted by Crippen LogP contribution is 2.29. The van der Waals surface area contributed by atoms with Crippen molar-refractivity contribution < 1.29 is 27.5 Å². The molecule has 0 spiro atoms. The van der Waals surface area contributed by atoms with Crippen molar-refractivity contribution in [3.05, 3.63) is 29.8 Å². The van der Waals surface area contributed by atoms with Crippen LogP contribution >= 0.6 is 0 Å². The maximum atomic E-state index is 12.3. The zero-order chi connectivity index (χ0) is 19.6. The van der Waals surface area contributed by atoms with E-state index in [4.69, 9.17) is 9.47 Å². The molecule has 0 N–H and O–H groups in total. The van der Waals surface area contributed by atoms with Gasteiger partial charge >= 0.3 is 11.9 Å². The molecule has 27 heavy (non-hydrogen) atoms. The van der Waals surface area contributed by atoms with Gasteiger partial charge < -0.3 is 14.4 Å². The summed E-state index contributed by atoms with van der Waals surface area (Å²) in [5.74, 6) is -1.17. The van der Waals surface area contributed by atoms with Gasteiger partial charge in [-0.15, -0.1) is 4.40 Å². The van der Waals surface area contributed by atoms with Gasteiger partial charge in [0.05, 0.1) is 12.0 Å². The number of fused-ring (bicyclic) bond motifs is 1. The SMILES string of the molecule is CC(C)OC(=O)COC(=O)C1CCCN(C2=NS(=O)(=O)c3ccccc32)C1. The van der Waals surface area contributed by atoms with Crippen LogP contribution in [0.15, 0.2) is 33.6 Å². The first-order valence-corrected chi connectivity index (χ1v) is 10.3. The molecular formula is C18H22N2O6S. The zero-order valence-electron chi connectivity index (χ0n) is 15.3. The number of carbonyl (C=O) groups excluding carboxylic acids is 2. The third-order valence-corrected chi connectivity index (χ3v) is 5.69. The molecular weight excluding hydrogens is 372 g/mol. The van der Waals surface area contributed by atoms with Crippen molar-refractivity contribution in [1.29, 1.82) is 0 Å². The van der Waals surface area contributed by atoms with E-state index in [0.717, 1.165) is 0 Å². The number of amidine groups is 1. The topological polar surface area (TPSA) is 102 Å². The van der Waals surface area contributed by atoms with Crippen molar-refractivity contribution in [3.63, 3.8) is 0 Å². The average Bonchev–Trinajstić information content (AvgIpc) is 2.91. The number of carbonyl (C=O) groups is 2. The lowest BCUT2D eigenvalue weighted by molar-refractivity contribution is -0.164. The Morgan fingerprint density at radius 1 is 1.30 bits per heavy atom. The smallest absolute Gasteiger partial charge is 0.344 e. The van der Waals surface area contributed by atoms with Crippen molar-refractivity contribution in [1.82, 2.24) is 4.90 Å². The van der Waals surface area contributed by atoms with Crippen molar-refractivity contribution in [3.8, 4) is 0 Å². The number of benzene rings is 1. The Bertz CT molecular complexity index is 878. The van der Waals surface area contributed by atoms with E-state index >= 15 is 0 Å². The molecule has 1 saturated heterocycles. The Morgan fingerprint density at radius 3 is 2.78 bits per heavy atom. The molecule has 0 amide bonds. The summed E-state index contributed by atoms with van der Waals surface area (Å²) >= 11 is 0. The van der Waals surface area contributed by atoms with Crippen molar-refractivity contribution in [2.24, 2.45) is 10.3 Å². The fourth-order valence-electron chi connectivity index (χ4n) is 3.22. The number of ether oxygens (including phenoxy) is 2. The van der Waals surface area contributed by atoms with Crippen LogP contribution in [0.4, 0.5) is 0 Å². The van der Waals surface area contributed by atoms with E-state index in [0.29, 0.717) is 37.3 Å². The molecule has 0 aromatic heterocycles. The minimum Gasteiger partial charge on any atom is -0.460 e. The van der Waals surface area contributed by atoms with Crippen molar-refractivity contribution >= 4 is 27.8 Å². The van der Waals surface area contributed by atoms with Gasteiger partial charge in [-0.2, -0.15) is 8.42 Å². The summed E-state index contributed by atoms with van der Waals surface area (Å²) in [6.07, 6.45) is 1.02. The molecule has 0 aliphatic carbocycles. The predicted octanol–water partition coefficient (Wildman–Crippen LogP) is 1.34. The largest absolute Gasteiger partial charge is 0.460 e. The summed E-state index contributed by atoms with van der Waals surface area (Å²) in [4.78, 5) is 25.8. The maximum Gasteiger partial charge on any atom is 0.344 e. The van der Waals surface area contributed by atoms with Crippen molar-refractivity contribution in [2.75, 3.05) is 19.7 Å². The lowest BCUT2D eigenvalue weighted by Crippen LogP contribution is -2.43. The number of likely N-dealkylation sites (tertiary alicyclic amines) is 1. The quantitative estimate of drug-likeness (QED) is 0.710. The molecule has 0 radical (unpaired) electrons. The van der Waals surface area contributed by atoms with E-state index in [1.807, 2.05) is 0 Å². The highest BCUT2D eigenvalue weighted by Gasteiger charge is 2.35. The summed E-state index contributed by atoms with van der Waals surface area (Å²) < 4.78 is 38.4. The Hall–Kier alpha value is -2.42. The van der Waals surface area contributed by atoms with Crippen LogP contribution < -0.4 is 0 Å². The number of piperidine rings is 1. The third kappa shape index (κ3) is 4.29. The standard InChI is InChI=1S/C18H22N2O6S/c1-12(2)26-16(21)11-25-18(22)13-6-5-9-20(10-13)17-14-7-3-4-8-15(14)27(23,24)19-17/h3-4,7-8,12-13H,5-6,9-11H2,1-2H3.